The second kappa shape index (κ2) is 7.74. The number of rotatable bonds is 8. The number of carboxylic acid groups (broad SMARTS) is 1. The average Bonchev–Trinajstić information content (AvgIpc) is 2.68. The number of oxime groups is 1. The molecule has 0 spiro atoms. The molecule has 2 rings (SSSR count). The molecule has 0 amide bonds. The summed E-state index contributed by atoms with van der Waals surface area (Å²) >= 11 is 0. The minimum absolute atomic E-state index is 0.0493. The lowest BCUT2D eigenvalue weighted by molar-refractivity contribution is -0.138. The molecule has 0 bridgehead atoms. The highest BCUT2D eigenvalue weighted by Crippen LogP contribution is 2.48. The van der Waals surface area contributed by atoms with Gasteiger partial charge in [0.2, 0.25) is 0 Å². The topological polar surface area (TPSA) is 99.4 Å². The van der Waals surface area contributed by atoms with Crippen LogP contribution in [0.15, 0.2) is 17.3 Å². The standard InChI is InChI=1S/C16H25NO5/c1-2-3-11(18)5-4-10-8-12-13(16(10)21)9-14(12)17-22-7-6-15(19)20/h4-5,10-13,16,18,21H,2-3,6-9H2,1H3,(H,19,20)/t10?,11?,12-,13+,16?/m0/s1. The maximum Gasteiger partial charge on any atom is 0.306 e. The van der Waals surface area contributed by atoms with Gasteiger partial charge in [0.1, 0.15) is 6.61 Å². The van der Waals surface area contributed by atoms with Crippen LogP contribution in [0.1, 0.15) is 39.0 Å². The zero-order valence-electron chi connectivity index (χ0n) is 12.9. The molecule has 2 fully saturated rings. The number of fused-ring (bicyclic) bond motifs is 1. The Morgan fingerprint density at radius 3 is 3.00 bits per heavy atom. The number of nitrogens with zero attached hydrogens (tertiary/aromatic N) is 1. The van der Waals surface area contributed by atoms with Gasteiger partial charge in [0.25, 0.3) is 0 Å². The number of carboxylic acids is 1. The van der Waals surface area contributed by atoms with E-state index in [-0.39, 0.29) is 30.8 Å². The Morgan fingerprint density at radius 1 is 1.55 bits per heavy atom. The van der Waals surface area contributed by atoms with E-state index in [0.717, 1.165) is 25.0 Å². The molecule has 0 aromatic heterocycles. The minimum atomic E-state index is -0.904. The summed E-state index contributed by atoms with van der Waals surface area (Å²) in [6.45, 7) is 2.10. The molecular formula is C16H25NO5. The molecule has 0 aliphatic heterocycles. The van der Waals surface area contributed by atoms with E-state index in [0.29, 0.717) is 6.42 Å². The van der Waals surface area contributed by atoms with Gasteiger partial charge >= 0.3 is 5.97 Å². The summed E-state index contributed by atoms with van der Waals surface area (Å²) in [5.74, 6) is -0.426. The van der Waals surface area contributed by atoms with Crippen LogP contribution in [0.3, 0.4) is 0 Å². The maximum absolute atomic E-state index is 10.4. The molecule has 2 aliphatic rings. The highest BCUT2D eigenvalue weighted by molar-refractivity contribution is 5.93. The number of aliphatic carboxylic acids is 1. The summed E-state index contributed by atoms with van der Waals surface area (Å²) < 4.78 is 0. The van der Waals surface area contributed by atoms with Gasteiger partial charge in [-0.2, -0.15) is 0 Å². The third-order valence-electron chi connectivity index (χ3n) is 4.55. The fraction of sp³-hybridized carbons (Fsp3) is 0.750. The molecule has 2 aliphatic carbocycles. The van der Waals surface area contributed by atoms with Crippen LogP contribution in [-0.4, -0.2) is 45.8 Å². The van der Waals surface area contributed by atoms with Crippen molar-refractivity contribution in [2.75, 3.05) is 6.61 Å². The van der Waals surface area contributed by atoms with E-state index in [1.807, 2.05) is 13.0 Å². The van der Waals surface area contributed by atoms with Crippen LogP contribution >= 0.6 is 0 Å². The van der Waals surface area contributed by atoms with Crippen LogP contribution < -0.4 is 0 Å². The molecule has 0 radical (unpaired) electrons. The summed E-state index contributed by atoms with van der Waals surface area (Å²) in [5.41, 5.74) is 0.916. The van der Waals surface area contributed by atoms with Crippen molar-refractivity contribution >= 4 is 11.7 Å². The zero-order valence-corrected chi connectivity index (χ0v) is 12.9. The molecule has 6 nitrogen and oxygen atoms in total. The molecular weight excluding hydrogens is 286 g/mol. The van der Waals surface area contributed by atoms with Crippen molar-refractivity contribution < 1.29 is 25.0 Å². The van der Waals surface area contributed by atoms with Gasteiger partial charge in [-0.15, -0.1) is 0 Å². The number of hydrogen-bond donors (Lipinski definition) is 3. The quantitative estimate of drug-likeness (QED) is 0.359. The molecule has 124 valence electrons. The van der Waals surface area contributed by atoms with Crippen molar-refractivity contribution in [3.63, 3.8) is 0 Å². The van der Waals surface area contributed by atoms with Gasteiger partial charge in [0.15, 0.2) is 0 Å². The number of carbonyl (C=O) groups is 1. The van der Waals surface area contributed by atoms with Crippen LogP contribution in [-0.2, 0) is 9.63 Å². The number of aliphatic hydroxyl groups is 2. The SMILES string of the molecule is CCCC(O)C=CC1C[C@@H]2C(=NOCCC(=O)O)C[C@H]2C1O. The third-order valence-corrected chi connectivity index (χ3v) is 4.55. The Kier molecular flexibility index (Phi) is 5.97. The molecule has 0 aromatic rings. The fourth-order valence-corrected chi connectivity index (χ4v) is 3.26. The first-order chi connectivity index (χ1) is 10.5. The summed E-state index contributed by atoms with van der Waals surface area (Å²) in [5, 5.41) is 32.5. The van der Waals surface area contributed by atoms with E-state index in [1.165, 1.54) is 0 Å². The molecule has 2 saturated carbocycles. The van der Waals surface area contributed by atoms with E-state index in [1.54, 1.807) is 6.08 Å². The van der Waals surface area contributed by atoms with E-state index in [2.05, 4.69) is 5.16 Å². The lowest BCUT2D eigenvalue weighted by Gasteiger charge is -2.33. The first-order valence-electron chi connectivity index (χ1n) is 7.97. The Hall–Kier alpha value is -1.40. The zero-order chi connectivity index (χ0) is 16.1. The summed E-state index contributed by atoms with van der Waals surface area (Å²) in [6.07, 6.45) is 5.98. The third kappa shape index (κ3) is 4.08. The Balaban J connectivity index is 1.81. The predicted octanol–water partition coefficient (Wildman–Crippen LogP) is 1.57. The predicted molar refractivity (Wildman–Crippen MR) is 81.4 cm³/mol. The Morgan fingerprint density at radius 2 is 2.32 bits per heavy atom. The highest BCUT2D eigenvalue weighted by atomic mass is 16.6. The molecule has 6 heteroatoms. The normalized spacial score (nSPS) is 33.7. The minimum Gasteiger partial charge on any atom is -0.481 e. The van der Waals surface area contributed by atoms with Crippen molar-refractivity contribution in [1.82, 2.24) is 0 Å². The van der Waals surface area contributed by atoms with Crippen molar-refractivity contribution in [2.45, 2.75) is 51.2 Å². The highest BCUT2D eigenvalue weighted by Gasteiger charge is 2.51. The fourth-order valence-electron chi connectivity index (χ4n) is 3.26. The molecule has 0 heterocycles. The van der Waals surface area contributed by atoms with Crippen LogP contribution in [0.25, 0.3) is 0 Å². The van der Waals surface area contributed by atoms with Crippen molar-refractivity contribution in [3.05, 3.63) is 12.2 Å². The molecule has 0 aromatic carbocycles. The molecule has 0 saturated heterocycles. The van der Waals surface area contributed by atoms with E-state index >= 15 is 0 Å². The largest absolute Gasteiger partial charge is 0.481 e. The first-order valence-corrected chi connectivity index (χ1v) is 7.97. The van der Waals surface area contributed by atoms with Crippen LogP contribution in [0.5, 0.6) is 0 Å². The second-order valence-electron chi connectivity index (χ2n) is 6.17. The Bertz CT molecular complexity index is 448. The van der Waals surface area contributed by atoms with E-state index in [9.17, 15) is 15.0 Å². The molecule has 3 unspecified atom stereocenters. The van der Waals surface area contributed by atoms with E-state index < -0.39 is 18.2 Å². The molecule has 5 atom stereocenters. The van der Waals surface area contributed by atoms with Crippen molar-refractivity contribution in [3.8, 4) is 0 Å². The van der Waals surface area contributed by atoms with Gasteiger partial charge < -0.3 is 20.2 Å². The van der Waals surface area contributed by atoms with Crippen molar-refractivity contribution in [2.24, 2.45) is 22.9 Å². The monoisotopic (exact) mass is 311 g/mol. The van der Waals surface area contributed by atoms with Gasteiger partial charge in [-0.1, -0.05) is 30.7 Å². The van der Waals surface area contributed by atoms with Crippen molar-refractivity contribution in [1.29, 1.82) is 0 Å². The summed E-state index contributed by atoms with van der Waals surface area (Å²) in [4.78, 5) is 15.4. The van der Waals surface area contributed by atoms with Gasteiger partial charge in [-0.25, -0.2) is 0 Å². The van der Waals surface area contributed by atoms with Crippen LogP contribution in [0.2, 0.25) is 0 Å². The van der Waals surface area contributed by atoms with Gasteiger partial charge in [0, 0.05) is 11.8 Å². The van der Waals surface area contributed by atoms with E-state index in [4.69, 9.17) is 9.94 Å². The van der Waals surface area contributed by atoms with Gasteiger partial charge in [-0.05, 0) is 25.2 Å². The summed E-state index contributed by atoms with van der Waals surface area (Å²) in [7, 11) is 0. The second-order valence-corrected chi connectivity index (χ2v) is 6.17. The smallest absolute Gasteiger partial charge is 0.306 e. The lowest BCUT2D eigenvalue weighted by atomic mass is 9.73. The average molecular weight is 311 g/mol. The van der Waals surface area contributed by atoms with Crippen LogP contribution in [0, 0.1) is 17.8 Å². The Labute approximate surface area is 130 Å². The summed E-state index contributed by atoms with van der Waals surface area (Å²) in [6, 6.07) is 0. The molecule has 22 heavy (non-hydrogen) atoms. The maximum atomic E-state index is 10.4. The van der Waals surface area contributed by atoms with Gasteiger partial charge in [0.05, 0.1) is 24.3 Å². The van der Waals surface area contributed by atoms with Gasteiger partial charge in [-0.3, -0.25) is 4.79 Å². The first kappa shape index (κ1) is 17.0. The lowest BCUT2D eigenvalue weighted by Crippen LogP contribution is -2.38. The molecule has 3 N–H and O–H groups in total. The van der Waals surface area contributed by atoms with Crippen LogP contribution in [0.4, 0.5) is 0 Å². The number of aliphatic hydroxyl groups excluding tert-OH is 2. The number of hydrogen-bond acceptors (Lipinski definition) is 5.